The first-order chi connectivity index (χ1) is 9.19. The Hall–Kier alpha value is -0.570. The van der Waals surface area contributed by atoms with Gasteiger partial charge in [0.05, 0.1) is 0 Å². The van der Waals surface area contributed by atoms with Crippen LogP contribution in [0.5, 0.6) is 0 Å². The predicted octanol–water partition coefficient (Wildman–Crippen LogP) is 4.29. The van der Waals surface area contributed by atoms with E-state index in [0.717, 1.165) is 6.42 Å². The number of ether oxygens (including phenoxy) is 1. The van der Waals surface area contributed by atoms with Crippen LogP contribution in [0.15, 0.2) is 0 Å². The standard InChI is InChI=1S/C16H31NO2/c1-2-3-4-5-6-7-8-9-10-11-12-13-14-16(17)15(18)19-16/h2-14,17H2,1H3. The third-order valence-electron chi connectivity index (χ3n) is 3.98. The first-order valence-corrected chi connectivity index (χ1v) is 8.21. The van der Waals surface area contributed by atoms with E-state index in [9.17, 15) is 4.79 Å². The normalized spacial score (nSPS) is 21.5. The summed E-state index contributed by atoms with van der Waals surface area (Å²) in [6.45, 7) is 2.26. The second-order valence-corrected chi connectivity index (χ2v) is 5.92. The van der Waals surface area contributed by atoms with Crippen molar-refractivity contribution >= 4 is 5.97 Å². The summed E-state index contributed by atoms with van der Waals surface area (Å²) in [7, 11) is 0. The molecule has 0 aromatic carbocycles. The lowest BCUT2D eigenvalue weighted by molar-refractivity contribution is -0.117. The van der Waals surface area contributed by atoms with Gasteiger partial charge in [0.25, 0.3) is 5.72 Å². The summed E-state index contributed by atoms with van der Waals surface area (Å²) in [6, 6.07) is 0. The molecule has 1 saturated heterocycles. The van der Waals surface area contributed by atoms with Crippen molar-refractivity contribution in [1.82, 2.24) is 0 Å². The van der Waals surface area contributed by atoms with Gasteiger partial charge < -0.3 is 4.74 Å². The molecule has 0 radical (unpaired) electrons. The van der Waals surface area contributed by atoms with Crippen LogP contribution in [-0.4, -0.2) is 11.7 Å². The van der Waals surface area contributed by atoms with Gasteiger partial charge in [-0.1, -0.05) is 77.6 Å². The number of epoxide rings is 1. The predicted molar refractivity (Wildman–Crippen MR) is 78.7 cm³/mol. The molecule has 0 amide bonds. The molecule has 1 unspecified atom stereocenters. The third kappa shape index (κ3) is 7.56. The Morgan fingerprint density at radius 1 is 0.842 bits per heavy atom. The first kappa shape index (κ1) is 16.5. The molecule has 3 heteroatoms. The van der Waals surface area contributed by atoms with Crippen molar-refractivity contribution in [2.75, 3.05) is 0 Å². The molecular weight excluding hydrogens is 238 g/mol. The van der Waals surface area contributed by atoms with Crippen molar-refractivity contribution in [3.8, 4) is 0 Å². The molecular formula is C16H31NO2. The fourth-order valence-corrected chi connectivity index (χ4v) is 2.52. The maximum atomic E-state index is 10.8. The smallest absolute Gasteiger partial charge is 0.368 e. The molecule has 112 valence electrons. The van der Waals surface area contributed by atoms with Crippen molar-refractivity contribution in [3.63, 3.8) is 0 Å². The largest absolute Gasteiger partial charge is 0.428 e. The first-order valence-electron chi connectivity index (χ1n) is 8.21. The zero-order valence-electron chi connectivity index (χ0n) is 12.6. The quantitative estimate of drug-likeness (QED) is 0.401. The minimum atomic E-state index is -0.890. The topological polar surface area (TPSA) is 55.6 Å². The van der Waals surface area contributed by atoms with Gasteiger partial charge in [0, 0.05) is 6.42 Å². The van der Waals surface area contributed by atoms with E-state index < -0.39 is 5.72 Å². The van der Waals surface area contributed by atoms with Crippen LogP contribution < -0.4 is 5.73 Å². The van der Waals surface area contributed by atoms with Gasteiger partial charge in [-0.2, -0.15) is 0 Å². The fraction of sp³-hybridized carbons (Fsp3) is 0.938. The van der Waals surface area contributed by atoms with Gasteiger partial charge in [-0.3, -0.25) is 5.73 Å². The Balaban J connectivity index is 1.71. The van der Waals surface area contributed by atoms with E-state index in [1.165, 1.54) is 70.6 Å². The van der Waals surface area contributed by atoms with Gasteiger partial charge in [-0.15, -0.1) is 0 Å². The Morgan fingerprint density at radius 3 is 1.58 bits per heavy atom. The van der Waals surface area contributed by atoms with Crippen LogP contribution in [0, 0.1) is 0 Å². The van der Waals surface area contributed by atoms with Crippen LogP contribution >= 0.6 is 0 Å². The molecule has 1 aliphatic heterocycles. The molecule has 0 aromatic rings. The number of carbonyl (C=O) groups is 1. The van der Waals surface area contributed by atoms with Gasteiger partial charge >= 0.3 is 5.97 Å². The highest BCUT2D eigenvalue weighted by Crippen LogP contribution is 2.28. The molecule has 0 bridgehead atoms. The summed E-state index contributed by atoms with van der Waals surface area (Å²) in [5, 5.41) is 0. The maximum absolute atomic E-state index is 10.8. The number of hydrogen-bond donors (Lipinski definition) is 1. The molecule has 0 saturated carbocycles. The van der Waals surface area contributed by atoms with Crippen LogP contribution in [0.4, 0.5) is 0 Å². The summed E-state index contributed by atoms with van der Waals surface area (Å²) in [4.78, 5) is 10.8. The van der Waals surface area contributed by atoms with Crippen LogP contribution in [-0.2, 0) is 9.53 Å². The highest BCUT2D eigenvalue weighted by molar-refractivity contribution is 5.91. The molecule has 2 N–H and O–H groups in total. The zero-order valence-corrected chi connectivity index (χ0v) is 12.6. The van der Waals surface area contributed by atoms with E-state index >= 15 is 0 Å². The fourth-order valence-electron chi connectivity index (χ4n) is 2.52. The van der Waals surface area contributed by atoms with Gasteiger partial charge in [0.2, 0.25) is 0 Å². The second kappa shape index (κ2) is 9.35. The maximum Gasteiger partial charge on any atom is 0.368 e. The number of nitrogens with two attached hydrogens (primary N) is 1. The van der Waals surface area contributed by atoms with Crippen molar-refractivity contribution in [3.05, 3.63) is 0 Å². The van der Waals surface area contributed by atoms with E-state index in [2.05, 4.69) is 6.92 Å². The third-order valence-corrected chi connectivity index (χ3v) is 3.98. The summed E-state index contributed by atoms with van der Waals surface area (Å²) >= 11 is 0. The van der Waals surface area contributed by atoms with E-state index in [-0.39, 0.29) is 5.97 Å². The molecule has 1 heterocycles. The van der Waals surface area contributed by atoms with Gasteiger partial charge in [0.1, 0.15) is 0 Å². The van der Waals surface area contributed by atoms with Gasteiger partial charge in [-0.05, 0) is 6.42 Å². The molecule has 0 spiro atoms. The highest BCUT2D eigenvalue weighted by Gasteiger charge is 2.53. The Morgan fingerprint density at radius 2 is 1.21 bits per heavy atom. The van der Waals surface area contributed by atoms with Gasteiger partial charge in [0.15, 0.2) is 0 Å². The SMILES string of the molecule is CCCCCCCCCCCCCCC1(N)OC1=O. The minimum absolute atomic E-state index is 0.226. The van der Waals surface area contributed by atoms with Crippen molar-refractivity contribution in [2.45, 2.75) is 96.1 Å². The molecule has 1 fully saturated rings. The van der Waals surface area contributed by atoms with E-state index in [4.69, 9.17) is 10.5 Å². The molecule has 3 nitrogen and oxygen atoms in total. The number of carbonyl (C=O) groups excluding carboxylic acids is 1. The van der Waals surface area contributed by atoms with Crippen molar-refractivity contribution in [1.29, 1.82) is 0 Å². The molecule has 0 aliphatic carbocycles. The summed E-state index contributed by atoms with van der Waals surface area (Å²) in [6.07, 6.45) is 16.6. The highest BCUT2D eigenvalue weighted by atomic mass is 16.7. The van der Waals surface area contributed by atoms with Crippen LogP contribution in [0.3, 0.4) is 0 Å². The molecule has 19 heavy (non-hydrogen) atoms. The Labute approximate surface area is 118 Å². The van der Waals surface area contributed by atoms with Crippen LogP contribution in [0.1, 0.15) is 90.4 Å². The summed E-state index contributed by atoms with van der Waals surface area (Å²) < 4.78 is 4.74. The lowest BCUT2D eigenvalue weighted by atomic mass is 10.0. The van der Waals surface area contributed by atoms with Crippen LogP contribution in [0.2, 0.25) is 0 Å². The van der Waals surface area contributed by atoms with Gasteiger partial charge in [-0.25, -0.2) is 4.79 Å². The van der Waals surface area contributed by atoms with E-state index in [1.54, 1.807) is 0 Å². The average molecular weight is 269 g/mol. The van der Waals surface area contributed by atoms with Crippen LogP contribution in [0.25, 0.3) is 0 Å². The second-order valence-electron chi connectivity index (χ2n) is 5.92. The molecule has 1 atom stereocenters. The summed E-state index contributed by atoms with van der Waals surface area (Å²) in [5.74, 6) is -0.226. The number of cyclic esters (lactones) is 1. The lowest BCUT2D eigenvalue weighted by Crippen LogP contribution is -2.25. The average Bonchev–Trinajstić information content (AvgIpc) is 2.99. The lowest BCUT2D eigenvalue weighted by Gasteiger charge is -2.03. The summed E-state index contributed by atoms with van der Waals surface area (Å²) in [5.41, 5.74) is 4.76. The number of unbranched alkanes of at least 4 members (excludes halogenated alkanes) is 11. The van der Waals surface area contributed by atoms with E-state index in [1.807, 2.05) is 0 Å². The molecule has 1 rings (SSSR count). The van der Waals surface area contributed by atoms with E-state index in [0.29, 0.717) is 6.42 Å². The minimum Gasteiger partial charge on any atom is -0.428 e. The Bertz CT molecular complexity index is 255. The molecule has 0 aromatic heterocycles. The number of rotatable bonds is 13. The number of hydrogen-bond acceptors (Lipinski definition) is 3. The van der Waals surface area contributed by atoms with Crippen molar-refractivity contribution in [2.24, 2.45) is 5.73 Å². The molecule has 1 aliphatic rings. The van der Waals surface area contributed by atoms with Crippen molar-refractivity contribution < 1.29 is 9.53 Å². The zero-order chi connectivity index (χ0) is 14.0. The Kier molecular flexibility index (Phi) is 8.11. The monoisotopic (exact) mass is 269 g/mol.